The molecule has 2 aliphatic heterocycles. The Hall–Kier alpha value is -1.99. The topological polar surface area (TPSA) is 104 Å². The molecule has 24 heavy (non-hydrogen) atoms. The molecule has 1 atom stereocenters. The summed E-state index contributed by atoms with van der Waals surface area (Å²) in [6.45, 7) is 4.24. The molecule has 0 saturated carbocycles. The number of thioether (sulfide) groups is 1. The molecule has 6 nitrogen and oxygen atoms in total. The van der Waals surface area contributed by atoms with Crippen molar-refractivity contribution in [3.05, 3.63) is 35.4 Å². The van der Waals surface area contributed by atoms with E-state index in [2.05, 4.69) is 24.0 Å². The highest BCUT2D eigenvalue weighted by Gasteiger charge is 2.26. The Bertz CT molecular complexity index is 642. The fraction of sp³-hybridized carbons (Fsp3) is 0.412. The van der Waals surface area contributed by atoms with Gasteiger partial charge in [-0.15, -0.1) is 11.8 Å². The van der Waals surface area contributed by atoms with E-state index in [1.807, 2.05) is 11.8 Å². The van der Waals surface area contributed by atoms with E-state index in [1.165, 1.54) is 34.7 Å². The highest BCUT2D eigenvalue weighted by molar-refractivity contribution is 7.99. The standard InChI is InChI=1S/C13H18N2S.C4H4O4/c1-9(14)8-15-6-4-10-2-3-12-11(13(10)15)5-7-16-12;5-3(6)1-2-4(7)8/h2-3,9H,4-8,14H2,1H3;1-2H,(H,5,6)(H,7,8)/b;2-1+/t9-;/m0./s1. The molecular weight excluding hydrogens is 328 g/mol. The summed E-state index contributed by atoms with van der Waals surface area (Å²) in [4.78, 5) is 23.1. The number of anilines is 1. The van der Waals surface area contributed by atoms with Crippen LogP contribution in [0.15, 0.2) is 29.2 Å². The van der Waals surface area contributed by atoms with Gasteiger partial charge in [-0.05, 0) is 37.0 Å². The molecule has 1 aromatic rings. The average molecular weight is 350 g/mol. The number of hydrogen-bond donors (Lipinski definition) is 3. The van der Waals surface area contributed by atoms with E-state index in [9.17, 15) is 9.59 Å². The van der Waals surface area contributed by atoms with Crippen LogP contribution >= 0.6 is 11.8 Å². The Balaban J connectivity index is 0.000000224. The third-order valence-electron chi connectivity index (χ3n) is 3.78. The molecule has 0 bridgehead atoms. The van der Waals surface area contributed by atoms with Gasteiger partial charge in [0.2, 0.25) is 0 Å². The second-order valence-corrected chi connectivity index (χ2v) is 6.97. The summed E-state index contributed by atoms with van der Waals surface area (Å²) in [7, 11) is 0. The normalized spacial score (nSPS) is 16.3. The average Bonchev–Trinajstić information content (AvgIpc) is 3.11. The molecule has 2 heterocycles. The lowest BCUT2D eigenvalue weighted by Crippen LogP contribution is -2.34. The van der Waals surface area contributed by atoms with Gasteiger partial charge in [0, 0.05) is 47.6 Å². The van der Waals surface area contributed by atoms with Crippen molar-refractivity contribution >= 4 is 29.4 Å². The maximum atomic E-state index is 9.55. The van der Waals surface area contributed by atoms with Crippen LogP contribution in [0.3, 0.4) is 0 Å². The first-order valence-corrected chi connectivity index (χ1v) is 8.79. The van der Waals surface area contributed by atoms with Crippen LogP contribution in [-0.4, -0.2) is 47.0 Å². The largest absolute Gasteiger partial charge is 0.478 e. The summed E-state index contributed by atoms with van der Waals surface area (Å²) in [6.07, 6.45) is 3.54. The van der Waals surface area contributed by atoms with E-state index in [0.29, 0.717) is 12.2 Å². The summed E-state index contributed by atoms with van der Waals surface area (Å²) in [5.74, 6) is -1.27. The number of rotatable bonds is 4. The van der Waals surface area contributed by atoms with Crippen molar-refractivity contribution in [3.8, 4) is 0 Å². The number of benzene rings is 1. The van der Waals surface area contributed by atoms with Crippen LogP contribution in [0.4, 0.5) is 5.69 Å². The Labute approximate surface area is 145 Å². The molecular formula is C17H22N2O4S. The van der Waals surface area contributed by atoms with E-state index in [4.69, 9.17) is 15.9 Å². The van der Waals surface area contributed by atoms with Crippen molar-refractivity contribution in [2.75, 3.05) is 23.7 Å². The Morgan fingerprint density at radius 3 is 2.54 bits per heavy atom. The molecule has 130 valence electrons. The van der Waals surface area contributed by atoms with Crippen molar-refractivity contribution in [3.63, 3.8) is 0 Å². The molecule has 0 saturated heterocycles. The number of carboxylic acids is 2. The fourth-order valence-electron chi connectivity index (χ4n) is 2.94. The SMILES string of the molecule is C[C@H](N)CN1CCc2ccc3c(c21)CCS3.O=C(O)/C=C/C(=O)O. The molecule has 0 fully saturated rings. The van der Waals surface area contributed by atoms with Crippen molar-refractivity contribution in [1.82, 2.24) is 0 Å². The van der Waals surface area contributed by atoms with Crippen molar-refractivity contribution in [2.45, 2.75) is 30.7 Å². The fourth-order valence-corrected chi connectivity index (χ4v) is 4.01. The second-order valence-electron chi connectivity index (χ2n) is 5.83. The molecule has 1 aromatic carbocycles. The monoisotopic (exact) mass is 350 g/mol. The zero-order valence-corrected chi connectivity index (χ0v) is 14.4. The molecule has 0 aliphatic carbocycles. The maximum absolute atomic E-state index is 9.55. The molecule has 7 heteroatoms. The first kappa shape index (κ1) is 18.4. The van der Waals surface area contributed by atoms with Gasteiger partial charge in [-0.1, -0.05) is 6.07 Å². The minimum Gasteiger partial charge on any atom is -0.478 e. The maximum Gasteiger partial charge on any atom is 0.328 e. The molecule has 0 unspecified atom stereocenters. The number of aliphatic carboxylic acids is 2. The molecule has 4 N–H and O–H groups in total. The molecule has 0 amide bonds. The highest BCUT2D eigenvalue weighted by Crippen LogP contribution is 2.42. The number of carbonyl (C=O) groups is 2. The number of fused-ring (bicyclic) bond motifs is 3. The minimum absolute atomic E-state index is 0.260. The minimum atomic E-state index is -1.26. The lowest BCUT2D eigenvalue weighted by atomic mass is 10.1. The number of nitrogens with zero attached hydrogens (tertiary/aromatic N) is 1. The summed E-state index contributed by atoms with van der Waals surface area (Å²) >= 11 is 2.00. The summed E-state index contributed by atoms with van der Waals surface area (Å²) in [6, 6.07) is 4.88. The van der Waals surface area contributed by atoms with Crippen LogP contribution in [0.5, 0.6) is 0 Å². The van der Waals surface area contributed by atoms with Gasteiger partial charge in [-0.2, -0.15) is 0 Å². The van der Waals surface area contributed by atoms with Crippen molar-refractivity contribution < 1.29 is 19.8 Å². The third-order valence-corrected chi connectivity index (χ3v) is 4.88. The van der Waals surface area contributed by atoms with Crippen LogP contribution in [0.2, 0.25) is 0 Å². The summed E-state index contributed by atoms with van der Waals surface area (Å²) in [5, 5.41) is 15.6. The van der Waals surface area contributed by atoms with Crippen molar-refractivity contribution in [2.24, 2.45) is 5.73 Å². The lowest BCUT2D eigenvalue weighted by molar-refractivity contribution is -0.134. The van der Waals surface area contributed by atoms with E-state index >= 15 is 0 Å². The van der Waals surface area contributed by atoms with E-state index in [-0.39, 0.29) is 6.04 Å². The quantitative estimate of drug-likeness (QED) is 0.711. The van der Waals surface area contributed by atoms with Gasteiger partial charge in [-0.25, -0.2) is 9.59 Å². The van der Waals surface area contributed by atoms with Crippen LogP contribution < -0.4 is 10.6 Å². The lowest BCUT2D eigenvalue weighted by Gasteiger charge is -2.23. The van der Waals surface area contributed by atoms with Gasteiger partial charge in [0.1, 0.15) is 0 Å². The van der Waals surface area contributed by atoms with E-state index in [0.717, 1.165) is 13.1 Å². The predicted octanol–water partition coefficient (Wildman–Crippen LogP) is 1.76. The van der Waals surface area contributed by atoms with Gasteiger partial charge in [0.15, 0.2) is 0 Å². The van der Waals surface area contributed by atoms with Crippen molar-refractivity contribution in [1.29, 1.82) is 0 Å². The van der Waals surface area contributed by atoms with E-state index < -0.39 is 11.9 Å². The predicted molar refractivity (Wildman–Crippen MR) is 94.8 cm³/mol. The van der Waals surface area contributed by atoms with Gasteiger partial charge in [0.05, 0.1) is 0 Å². The molecule has 0 aromatic heterocycles. The second kappa shape index (κ2) is 8.21. The smallest absolute Gasteiger partial charge is 0.328 e. The van der Waals surface area contributed by atoms with Crippen LogP contribution in [-0.2, 0) is 22.4 Å². The number of carboxylic acid groups (broad SMARTS) is 2. The Morgan fingerprint density at radius 2 is 1.96 bits per heavy atom. The summed E-state index contributed by atoms with van der Waals surface area (Å²) in [5.41, 5.74) is 10.6. The van der Waals surface area contributed by atoms with Gasteiger partial charge < -0.3 is 20.8 Å². The Kier molecular flexibility index (Phi) is 6.28. The zero-order chi connectivity index (χ0) is 17.7. The van der Waals surface area contributed by atoms with Crippen LogP contribution in [0.25, 0.3) is 0 Å². The Morgan fingerprint density at radius 1 is 1.29 bits per heavy atom. The van der Waals surface area contributed by atoms with Crippen LogP contribution in [0, 0.1) is 0 Å². The van der Waals surface area contributed by atoms with Gasteiger partial charge in [0.25, 0.3) is 0 Å². The highest BCUT2D eigenvalue weighted by atomic mass is 32.2. The summed E-state index contributed by atoms with van der Waals surface area (Å²) < 4.78 is 0. The third kappa shape index (κ3) is 4.75. The first-order chi connectivity index (χ1) is 11.4. The molecule has 3 rings (SSSR count). The van der Waals surface area contributed by atoms with Gasteiger partial charge in [-0.3, -0.25) is 0 Å². The van der Waals surface area contributed by atoms with Crippen LogP contribution in [0.1, 0.15) is 18.1 Å². The zero-order valence-electron chi connectivity index (χ0n) is 13.6. The number of hydrogen-bond acceptors (Lipinski definition) is 5. The molecule has 0 radical (unpaired) electrons. The number of nitrogens with two attached hydrogens (primary N) is 1. The molecule has 0 spiro atoms. The van der Waals surface area contributed by atoms with Gasteiger partial charge >= 0.3 is 11.9 Å². The first-order valence-electron chi connectivity index (χ1n) is 7.80. The molecule has 2 aliphatic rings. The van der Waals surface area contributed by atoms with E-state index in [1.54, 1.807) is 5.56 Å².